The van der Waals surface area contributed by atoms with Gasteiger partial charge in [-0.3, -0.25) is 0 Å². The maximum atomic E-state index is 9.66. The average Bonchev–Trinajstić information content (AvgIpc) is 1.87. The third-order valence-corrected chi connectivity index (χ3v) is 0.762. The van der Waals surface area contributed by atoms with Crippen molar-refractivity contribution in [3.63, 3.8) is 0 Å². The van der Waals surface area contributed by atoms with Crippen molar-refractivity contribution in [2.45, 2.75) is 26.2 Å². The number of carboxylic acids is 2. The van der Waals surface area contributed by atoms with Gasteiger partial charge in [-0.05, 0) is 26.2 Å². The number of hydrogen-bond acceptors (Lipinski definition) is 5. The standard InChI is InChI=1S/C5H8O4.C2H6O.2H3N/c6-4(7)2-1-3-5(8)9;1-2-3;;/h1-3H2,(H,6,7)(H,8,9);3H,2H2,1H3;2*1H3. The molecule has 0 bridgehead atoms. The van der Waals surface area contributed by atoms with E-state index in [0.717, 1.165) is 0 Å². The van der Waals surface area contributed by atoms with Gasteiger partial charge in [-0.15, -0.1) is 0 Å². The topological polar surface area (TPSA) is 173 Å². The fourth-order valence-electron chi connectivity index (χ4n) is 0.377. The van der Waals surface area contributed by atoms with Gasteiger partial charge in [0.05, 0.1) is 0 Å². The molecule has 0 fully saturated rings. The second kappa shape index (κ2) is 17.8. The lowest BCUT2D eigenvalue weighted by Gasteiger charge is -2.01. The molecule has 0 unspecified atom stereocenters. The van der Waals surface area contributed by atoms with Crippen LogP contribution in [0.1, 0.15) is 26.2 Å². The van der Waals surface area contributed by atoms with Crippen LogP contribution in [0.25, 0.3) is 0 Å². The van der Waals surface area contributed by atoms with Crippen LogP contribution in [0, 0.1) is 0 Å². The van der Waals surface area contributed by atoms with Gasteiger partial charge in [-0.2, -0.15) is 0 Å². The highest BCUT2D eigenvalue weighted by Gasteiger charge is 1.87. The molecule has 0 rings (SSSR count). The van der Waals surface area contributed by atoms with Crippen LogP contribution in [0.3, 0.4) is 0 Å². The van der Waals surface area contributed by atoms with Crippen molar-refractivity contribution >= 4 is 11.9 Å². The van der Waals surface area contributed by atoms with E-state index in [1.807, 2.05) is 0 Å². The molecule has 0 saturated heterocycles. The van der Waals surface area contributed by atoms with E-state index in [2.05, 4.69) is 0 Å². The molecular weight excluding hydrogens is 192 g/mol. The summed E-state index contributed by atoms with van der Waals surface area (Å²) < 4.78 is 0. The zero-order valence-corrected chi connectivity index (χ0v) is 8.91. The van der Waals surface area contributed by atoms with Gasteiger partial charge in [0.15, 0.2) is 0 Å². The summed E-state index contributed by atoms with van der Waals surface area (Å²) in [5.74, 6) is -2.45. The minimum atomic E-state index is -1.23. The molecule has 0 aromatic rings. The molecule has 7 heteroatoms. The van der Waals surface area contributed by atoms with Crippen LogP contribution in [0.15, 0.2) is 0 Å². The lowest BCUT2D eigenvalue weighted by Crippen LogP contribution is -2.25. The first-order valence-corrected chi connectivity index (χ1v) is 3.55. The lowest BCUT2D eigenvalue weighted by atomic mass is 10.2. The van der Waals surface area contributed by atoms with E-state index < -0.39 is 11.9 Å². The highest BCUT2D eigenvalue weighted by molar-refractivity contribution is 5.67. The van der Waals surface area contributed by atoms with Gasteiger partial charge < -0.3 is 37.2 Å². The highest BCUT2D eigenvalue weighted by atomic mass is 16.4. The van der Waals surface area contributed by atoms with Gasteiger partial charge in [0.25, 0.3) is 0 Å². The van der Waals surface area contributed by atoms with Crippen LogP contribution < -0.4 is 22.5 Å². The van der Waals surface area contributed by atoms with Gasteiger partial charge in [-0.25, -0.2) is 0 Å². The molecule has 0 spiro atoms. The second-order valence-electron chi connectivity index (χ2n) is 1.91. The number of carbonyl (C=O) groups is 2. The van der Waals surface area contributed by atoms with Crippen molar-refractivity contribution in [1.29, 1.82) is 0 Å². The van der Waals surface area contributed by atoms with Crippen molar-refractivity contribution in [3.05, 3.63) is 0 Å². The molecule has 0 aliphatic heterocycles. The predicted molar refractivity (Wildman–Crippen MR) is 48.6 cm³/mol. The van der Waals surface area contributed by atoms with E-state index in [4.69, 9.17) is 5.11 Å². The normalized spacial score (nSPS) is 7.00. The monoisotopic (exact) mass is 212 g/mol. The molecule has 14 heavy (non-hydrogen) atoms. The molecular formula is C7H20N2O5. The summed E-state index contributed by atoms with van der Waals surface area (Å²) in [5.41, 5.74) is 0. The fourth-order valence-corrected chi connectivity index (χ4v) is 0.377. The van der Waals surface area contributed by atoms with Crippen LogP contribution in [-0.4, -0.2) is 23.7 Å². The van der Waals surface area contributed by atoms with Gasteiger partial charge >= 0.3 is 0 Å². The summed E-state index contributed by atoms with van der Waals surface area (Å²) in [7, 11) is 0. The Hall–Kier alpha value is -1.18. The number of aliphatic hydroxyl groups excluding tert-OH is 1. The summed E-state index contributed by atoms with van der Waals surface area (Å²) in [5, 5.41) is 26.9. The van der Waals surface area contributed by atoms with Gasteiger partial charge in [0.2, 0.25) is 0 Å². The Morgan fingerprint density at radius 2 is 1.29 bits per heavy atom. The first kappa shape index (κ1) is 23.0. The summed E-state index contributed by atoms with van der Waals surface area (Å²) in [6.45, 7) is 1.93. The average molecular weight is 212 g/mol. The minimum absolute atomic E-state index is 0. The molecule has 0 heterocycles. The van der Waals surface area contributed by atoms with Crippen LogP contribution in [0.4, 0.5) is 0 Å². The number of hydrogen-bond donors (Lipinski definition) is 3. The van der Waals surface area contributed by atoms with Crippen LogP contribution in [-0.2, 0) is 9.59 Å². The Bertz CT molecular complexity index is 126. The van der Waals surface area contributed by atoms with Crippen molar-refractivity contribution in [2.75, 3.05) is 6.61 Å². The predicted octanol–water partition coefficient (Wildman–Crippen LogP) is -1.59. The molecule has 0 aromatic heterocycles. The van der Waals surface area contributed by atoms with E-state index >= 15 is 0 Å². The SMILES string of the molecule is CCO.O=C([O-])CCCC(=O)[O-].[NH4+].[NH4+]. The third-order valence-electron chi connectivity index (χ3n) is 0.762. The highest BCUT2D eigenvalue weighted by Crippen LogP contribution is 1.90. The van der Waals surface area contributed by atoms with E-state index in [0.29, 0.717) is 0 Å². The molecule has 0 atom stereocenters. The Labute approximate surface area is 82.9 Å². The Kier molecular flexibility index (Phi) is 29.3. The number of rotatable bonds is 4. The Balaban J connectivity index is -0.0000000891. The molecule has 7 nitrogen and oxygen atoms in total. The summed E-state index contributed by atoms with van der Waals surface area (Å²) >= 11 is 0. The second-order valence-corrected chi connectivity index (χ2v) is 1.91. The molecule has 0 amide bonds. The van der Waals surface area contributed by atoms with Crippen LogP contribution in [0.5, 0.6) is 0 Å². The summed E-state index contributed by atoms with van der Waals surface area (Å²) in [4.78, 5) is 19.3. The molecule has 0 aliphatic carbocycles. The zero-order valence-electron chi connectivity index (χ0n) is 8.91. The molecule has 0 saturated carbocycles. The van der Waals surface area contributed by atoms with E-state index in [9.17, 15) is 19.8 Å². The number of quaternary nitrogens is 2. The Morgan fingerprint density at radius 3 is 1.43 bits per heavy atom. The van der Waals surface area contributed by atoms with Crippen molar-refractivity contribution in [3.8, 4) is 0 Å². The minimum Gasteiger partial charge on any atom is -0.550 e. The summed E-state index contributed by atoms with van der Waals surface area (Å²) in [6, 6.07) is 0. The molecule has 0 aliphatic rings. The maximum Gasteiger partial charge on any atom is 0.0414 e. The number of carboxylic acid groups (broad SMARTS) is 2. The largest absolute Gasteiger partial charge is 0.550 e. The van der Waals surface area contributed by atoms with Gasteiger partial charge in [-0.1, -0.05) is 0 Å². The number of carbonyl (C=O) groups excluding carboxylic acids is 2. The fraction of sp³-hybridized carbons (Fsp3) is 0.714. The van der Waals surface area contributed by atoms with E-state index in [1.165, 1.54) is 0 Å². The first-order valence-electron chi connectivity index (χ1n) is 3.55. The number of aliphatic hydroxyl groups is 1. The van der Waals surface area contributed by atoms with E-state index in [-0.39, 0.29) is 38.2 Å². The maximum absolute atomic E-state index is 9.66. The third kappa shape index (κ3) is 44.9. The first-order chi connectivity index (χ1) is 5.54. The van der Waals surface area contributed by atoms with Crippen molar-refractivity contribution in [1.82, 2.24) is 12.3 Å². The van der Waals surface area contributed by atoms with Crippen molar-refractivity contribution < 1.29 is 24.9 Å². The molecule has 88 valence electrons. The molecule has 0 aromatic carbocycles. The zero-order chi connectivity index (χ0) is 9.98. The smallest absolute Gasteiger partial charge is 0.0414 e. The number of aliphatic carboxylic acids is 2. The Morgan fingerprint density at radius 1 is 1.07 bits per heavy atom. The summed E-state index contributed by atoms with van der Waals surface area (Å²) in [6.07, 6.45) is -0.341. The van der Waals surface area contributed by atoms with E-state index in [1.54, 1.807) is 6.92 Å². The van der Waals surface area contributed by atoms with Crippen LogP contribution in [0.2, 0.25) is 0 Å². The van der Waals surface area contributed by atoms with Gasteiger partial charge in [0.1, 0.15) is 0 Å². The lowest BCUT2D eigenvalue weighted by molar-refractivity contribution is -0.307. The molecule has 9 N–H and O–H groups in total. The van der Waals surface area contributed by atoms with Crippen LogP contribution >= 0.6 is 0 Å². The van der Waals surface area contributed by atoms with Gasteiger partial charge in [0, 0.05) is 18.5 Å². The quantitative estimate of drug-likeness (QED) is 0.508. The molecule has 0 radical (unpaired) electrons. The van der Waals surface area contributed by atoms with Crippen molar-refractivity contribution in [2.24, 2.45) is 0 Å².